The smallest absolute Gasteiger partial charge is 0.410 e. The Morgan fingerprint density at radius 1 is 0.731 bits per heavy atom. The highest BCUT2D eigenvalue weighted by Crippen LogP contribution is 2.33. The van der Waals surface area contributed by atoms with Crippen molar-refractivity contribution in [1.82, 2.24) is 41.3 Å². The van der Waals surface area contributed by atoms with Crippen LogP contribution in [0, 0.1) is 29.6 Å². The molecule has 2 heterocycles. The van der Waals surface area contributed by atoms with Crippen molar-refractivity contribution < 1.29 is 81.6 Å². The number of urea groups is 1. The Kier molecular flexibility index (Phi) is 32.3. The van der Waals surface area contributed by atoms with E-state index in [2.05, 4.69) is 37.2 Å². The molecule has 3 aromatic rings. The number of nitrogens with one attached hydrogen (secondary N) is 7. The standard InChI is InChI=1S/C75H110N12O17/c1-18-45(8)64(56(101-16)39-59(90)86-37-23-27-55(86)66(102-17)46(9)67(93)79-47(10)65(92)49-24-20-19-21-25-49)84(14)72(98)62(43(4)5)83-71(97)63(44(6)7)85(15)74(100)103-41-48-28-31-51(32-29-48)80-69(95)52(26-22-36-77-73(76)99)81-70(96)61(42(2)3)82-68(94)50-30-33-54(87-57(88)34-35-58(87)89)53(38-50)78-40-60(91)104-75(11,12)13/h19-21,24-25,28-35,38,42-47,52,55-56,61-66,78,92H,18,22-23,26-27,36-37,39-41H2,1-17H3,(H,79,93)(H,80,95)(H,81,96)(H,82,94)(H,83,97)(H3,76,77,99)/t45-,46+,47-,52-,55-,56+,61?,62-,63+,64+,65-,66-/m0/s1. The summed E-state index contributed by atoms with van der Waals surface area (Å²) in [5.41, 5.74) is 5.99. The van der Waals surface area contributed by atoms with Crippen LogP contribution in [0.2, 0.25) is 0 Å². The van der Waals surface area contributed by atoms with Gasteiger partial charge in [0.15, 0.2) is 0 Å². The number of benzene rings is 3. The van der Waals surface area contributed by atoms with Gasteiger partial charge in [-0.05, 0) is 119 Å². The van der Waals surface area contributed by atoms with E-state index in [1.807, 2.05) is 32.0 Å². The zero-order valence-corrected chi connectivity index (χ0v) is 63.2. The highest BCUT2D eigenvalue weighted by molar-refractivity contribution is 6.29. The number of nitrogens with zero attached hydrogens (tertiary/aromatic N) is 4. The number of nitrogens with two attached hydrogens (primary N) is 1. The fourth-order valence-electron chi connectivity index (χ4n) is 12.9. The topological polar surface area (TPSA) is 385 Å². The van der Waals surface area contributed by atoms with Crippen molar-refractivity contribution >= 4 is 88.3 Å². The molecular weight excluding hydrogens is 1340 g/mol. The molecule has 104 heavy (non-hydrogen) atoms. The summed E-state index contributed by atoms with van der Waals surface area (Å²) in [6.07, 6.45) is 0.820. The number of carbonyl (C=O) groups excluding carboxylic acids is 12. The monoisotopic (exact) mass is 1450 g/mol. The molecule has 0 saturated carbocycles. The molecule has 0 aliphatic carbocycles. The number of hydrogen-bond acceptors (Lipinski definition) is 18. The van der Waals surface area contributed by atoms with Crippen LogP contribution >= 0.6 is 0 Å². The molecule has 0 aromatic heterocycles. The summed E-state index contributed by atoms with van der Waals surface area (Å²) in [6.45, 7) is 22.7. The molecule has 0 bridgehead atoms. The van der Waals surface area contributed by atoms with Crippen molar-refractivity contribution in [3.05, 3.63) is 102 Å². The molecule has 29 nitrogen and oxygen atoms in total. The van der Waals surface area contributed by atoms with Crippen LogP contribution in [0.1, 0.15) is 156 Å². The Labute approximate surface area is 610 Å². The molecule has 0 spiro atoms. The van der Waals surface area contributed by atoms with Gasteiger partial charge in [0.2, 0.25) is 35.4 Å². The number of esters is 1. The summed E-state index contributed by atoms with van der Waals surface area (Å²) < 4.78 is 23.2. The van der Waals surface area contributed by atoms with Crippen LogP contribution in [-0.4, -0.2) is 199 Å². The van der Waals surface area contributed by atoms with Crippen LogP contribution in [0.5, 0.6) is 0 Å². The zero-order valence-electron chi connectivity index (χ0n) is 63.2. The third-order valence-electron chi connectivity index (χ3n) is 18.7. The van der Waals surface area contributed by atoms with E-state index < -0.39 is 156 Å². The number of rotatable bonds is 37. The molecule has 572 valence electrons. The lowest BCUT2D eigenvalue weighted by atomic mass is 9.89. The molecule has 5 rings (SSSR count). The van der Waals surface area contributed by atoms with Crippen LogP contribution in [-0.2, 0) is 68.7 Å². The number of anilines is 3. The second-order valence-electron chi connectivity index (χ2n) is 28.7. The number of hydrogen-bond donors (Lipinski definition) is 9. The molecular formula is C75H110N12O17. The number of imide groups is 1. The first-order valence-electron chi connectivity index (χ1n) is 35.5. The number of ether oxygens (including phenoxy) is 4. The van der Waals surface area contributed by atoms with Crippen LogP contribution in [0.3, 0.4) is 0 Å². The molecule has 1 unspecified atom stereocenters. The van der Waals surface area contributed by atoms with E-state index in [9.17, 15) is 62.6 Å². The Hall–Kier alpha value is -9.48. The van der Waals surface area contributed by atoms with Gasteiger partial charge < -0.3 is 76.8 Å². The van der Waals surface area contributed by atoms with Gasteiger partial charge in [-0.2, -0.15) is 0 Å². The highest BCUT2D eigenvalue weighted by atomic mass is 16.6. The quantitative estimate of drug-likeness (QED) is 0.0179. The molecule has 2 aliphatic heterocycles. The summed E-state index contributed by atoms with van der Waals surface area (Å²) in [5, 5.41) is 30.4. The van der Waals surface area contributed by atoms with Crippen molar-refractivity contribution in [2.24, 2.45) is 35.3 Å². The molecule has 3 aromatic carbocycles. The number of carbonyl (C=O) groups is 12. The third kappa shape index (κ3) is 23.8. The fraction of sp³-hybridized carbons (Fsp3) is 0.573. The summed E-state index contributed by atoms with van der Waals surface area (Å²) in [6, 6.07) is 12.1. The van der Waals surface area contributed by atoms with Crippen LogP contribution in [0.4, 0.5) is 26.7 Å². The maximum absolute atomic E-state index is 14.9. The number of likely N-dealkylation sites (N-methyl/N-ethyl adjacent to an activating group) is 2. The van der Waals surface area contributed by atoms with E-state index in [1.165, 1.54) is 44.4 Å². The lowest BCUT2D eigenvalue weighted by Gasteiger charge is -2.41. The Bertz CT molecular complexity index is 3490. The first-order valence-corrected chi connectivity index (χ1v) is 35.5. The Balaban J connectivity index is 1.22. The molecule has 0 radical (unpaired) electrons. The normalized spacial score (nSPS) is 16.9. The molecule has 12 atom stereocenters. The molecule has 29 heteroatoms. The molecule has 2 aliphatic rings. The Morgan fingerprint density at radius 2 is 1.37 bits per heavy atom. The van der Waals surface area contributed by atoms with Gasteiger partial charge in [-0.3, -0.25) is 52.8 Å². The van der Waals surface area contributed by atoms with Gasteiger partial charge in [0.25, 0.3) is 17.7 Å². The van der Waals surface area contributed by atoms with Gasteiger partial charge >= 0.3 is 18.1 Å². The first-order chi connectivity index (χ1) is 48.9. The predicted octanol–water partition coefficient (Wildman–Crippen LogP) is 6.09. The second kappa shape index (κ2) is 39.4. The van der Waals surface area contributed by atoms with Crippen molar-refractivity contribution in [1.29, 1.82) is 0 Å². The minimum Gasteiger partial charge on any atom is -0.459 e. The average Bonchev–Trinajstić information content (AvgIpc) is 1.49. The van der Waals surface area contributed by atoms with E-state index in [-0.39, 0.29) is 72.8 Å². The van der Waals surface area contributed by atoms with Gasteiger partial charge in [-0.25, -0.2) is 14.5 Å². The van der Waals surface area contributed by atoms with E-state index >= 15 is 0 Å². The van der Waals surface area contributed by atoms with E-state index in [0.29, 0.717) is 36.9 Å². The zero-order chi connectivity index (χ0) is 77.6. The number of aliphatic hydroxyl groups is 1. The van der Waals surface area contributed by atoms with Gasteiger partial charge in [-0.1, -0.05) is 111 Å². The van der Waals surface area contributed by atoms with E-state index in [4.69, 9.17) is 24.7 Å². The number of likely N-dealkylation sites (tertiary alicyclic amines) is 1. The number of aliphatic hydroxyl groups excluding tert-OH is 1. The van der Waals surface area contributed by atoms with Crippen molar-refractivity contribution in [3.63, 3.8) is 0 Å². The van der Waals surface area contributed by atoms with Crippen molar-refractivity contribution in [2.75, 3.05) is 63.5 Å². The molecule has 10 N–H and O–H groups in total. The number of methoxy groups -OCH3 is 2. The van der Waals surface area contributed by atoms with E-state index in [1.54, 1.807) is 125 Å². The predicted molar refractivity (Wildman–Crippen MR) is 391 cm³/mol. The first kappa shape index (κ1) is 85.2. The summed E-state index contributed by atoms with van der Waals surface area (Å²) in [5.74, 6) is -8.10. The van der Waals surface area contributed by atoms with E-state index in [0.717, 1.165) is 22.0 Å². The molecule has 1 saturated heterocycles. The van der Waals surface area contributed by atoms with Crippen molar-refractivity contribution in [3.8, 4) is 0 Å². The minimum atomic E-state index is -1.23. The lowest BCUT2D eigenvalue weighted by Crippen LogP contribution is -2.60. The molecule has 1 fully saturated rings. The molecule has 12 amide bonds. The largest absolute Gasteiger partial charge is 0.459 e. The summed E-state index contributed by atoms with van der Waals surface area (Å²) in [7, 11) is 6.04. The van der Waals surface area contributed by atoms with Crippen LogP contribution in [0.25, 0.3) is 0 Å². The van der Waals surface area contributed by atoms with Gasteiger partial charge in [0.1, 0.15) is 42.9 Å². The van der Waals surface area contributed by atoms with Crippen LogP contribution < -0.4 is 47.9 Å². The SMILES string of the molecule is CC[C@H](C)[C@H]([C@@H](CC(=O)N1CCC[C@H]1[C@@H](OC)[C@@H](C)C(=O)N[C@@H](C)[C@H](O)c1ccccc1)OC)N(C)C(=O)[C@@H](NC(=O)[C@@H](C(C)C)N(C)C(=O)OCc1ccc(NC(=O)[C@H](CCCNC(N)=O)NC(=O)C(NC(=O)c2ccc(N3C(=O)C=CC3=O)c(NCC(=O)OC(C)(C)C)c2)C(C)C)cc1)C(C)C. The minimum absolute atomic E-state index is 0.000151. The Morgan fingerprint density at radius 3 is 1.93 bits per heavy atom. The lowest BCUT2D eigenvalue weighted by molar-refractivity contribution is -0.152. The van der Waals surface area contributed by atoms with Gasteiger partial charge in [0.05, 0.1) is 60.2 Å². The van der Waals surface area contributed by atoms with Gasteiger partial charge in [0, 0.05) is 64.8 Å². The highest BCUT2D eigenvalue weighted by Gasteiger charge is 2.44. The third-order valence-corrected chi connectivity index (χ3v) is 18.7. The summed E-state index contributed by atoms with van der Waals surface area (Å²) in [4.78, 5) is 169. The maximum atomic E-state index is 14.9. The number of amides is 12. The van der Waals surface area contributed by atoms with Crippen LogP contribution in [0.15, 0.2) is 84.9 Å². The second-order valence-corrected chi connectivity index (χ2v) is 28.7. The average molecular weight is 1450 g/mol. The van der Waals surface area contributed by atoms with Crippen molar-refractivity contribution in [2.45, 2.75) is 201 Å². The summed E-state index contributed by atoms with van der Waals surface area (Å²) >= 11 is 0. The maximum Gasteiger partial charge on any atom is 0.410 e. The number of primary amides is 1. The fourth-order valence-corrected chi connectivity index (χ4v) is 12.9. The van der Waals surface area contributed by atoms with Gasteiger partial charge in [-0.15, -0.1) is 0 Å².